The van der Waals surface area contributed by atoms with E-state index in [1.807, 2.05) is 18.4 Å². The highest BCUT2D eigenvalue weighted by Gasteiger charge is 2.12. The molecule has 2 N–H and O–H groups in total. The van der Waals surface area contributed by atoms with E-state index in [2.05, 4.69) is 4.98 Å². The molecular formula is C13H12N2OS. The van der Waals surface area contributed by atoms with Crippen molar-refractivity contribution in [3.8, 4) is 0 Å². The Labute approximate surface area is 104 Å². The molecule has 0 unspecified atom stereocenters. The summed E-state index contributed by atoms with van der Waals surface area (Å²) in [5, 5.41) is 0. The largest absolute Gasteiger partial charge is 0.383 e. The molecular weight excluding hydrogens is 232 g/mol. The summed E-state index contributed by atoms with van der Waals surface area (Å²) in [6.07, 6.45) is 3.57. The maximum Gasteiger partial charge on any atom is 0.196 e. The number of nitrogen functional groups attached to an aromatic ring is 1. The minimum Gasteiger partial charge on any atom is -0.383 e. The van der Waals surface area contributed by atoms with Gasteiger partial charge in [-0.1, -0.05) is 0 Å². The summed E-state index contributed by atoms with van der Waals surface area (Å²) in [6, 6.07) is 10.9. The molecule has 1 heterocycles. The Morgan fingerprint density at radius 2 is 1.94 bits per heavy atom. The lowest BCUT2D eigenvalue weighted by Gasteiger charge is -2.04. The molecule has 4 heteroatoms. The number of anilines is 1. The number of benzene rings is 1. The predicted molar refractivity (Wildman–Crippen MR) is 70.3 cm³/mol. The molecule has 1 aromatic heterocycles. The standard InChI is InChI=1S/C13H12N2OS/c1-17-10-6-4-9(5-7-10)12(16)11-3-2-8-15-13(11)14/h2-8H,1H3,(H2,14,15). The van der Waals surface area contributed by atoms with Crippen LogP contribution in [-0.4, -0.2) is 17.0 Å². The van der Waals surface area contributed by atoms with Gasteiger partial charge >= 0.3 is 0 Å². The molecule has 0 atom stereocenters. The van der Waals surface area contributed by atoms with Crippen LogP contribution in [0.5, 0.6) is 0 Å². The summed E-state index contributed by atoms with van der Waals surface area (Å²) in [5.74, 6) is 0.176. The molecule has 86 valence electrons. The number of rotatable bonds is 3. The highest BCUT2D eigenvalue weighted by molar-refractivity contribution is 7.98. The van der Waals surface area contributed by atoms with Crippen LogP contribution >= 0.6 is 11.8 Å². The number of ketones is 1. The van der Waals surface area contributed by atoms with Crippen LogP contribution in [0.15, 0.2) is 47.5 Å². The van der Waals surface area contributed by atoms with E-state index >= 15 is 0 Å². The lowest BCUT2D eigenvalue weighted by atomic mass is 10.0. The van der Waals surface area contributed by atoms with Crippen molar-refractivity contribution >= 4 is 23.4 Å². The van der Waals surface area contributed by atoms with Crippen LogP contribution in [0.1, 0.15) is 15.9 Å². The number of thioether (sulfide) groups is 1. The minimum atomic E-state index is -0.0942. The summed E-state index contributed by atoms with van der Waals surface area (Å²) in [4.78, 5) is 17.2. The number of nitrogens with zero attached hydrogens (tertiary/aromatic N) is 1. The fourth-order valence-corrected chi connectivity index (χ4v) is 1.92. The second kappa shape index (κ2) is 5.01. The Bertz CT molecular complexity index is 537. The zero-order chi connectivity index (χ0) is 12.3. The summed E-state index contributed by atoms with van der Waals surface area (Å²) in [5.41, 5.74) is 6.75. The van der Waals surface area contributed by atoms with Crippen LogP contribution < -0.4 is 5.73 Å². The molecule has 2 rings (SSSR count). The predicted octanol–water partition coefficient (Wildman–Crippen LogP) is 2.62. The monoisotopic (exact) mass is 244 g/mol. The topological polar surface area (TPSA) is 56.0 Å². The number of aromatic nitrogens is 1. The van der Waals surface area contributed by atoms with Gasteiger partial charge in [0.1, 0.15) is 5.82 Å². The molecule has 1 aromatic carbocycles. The Kier molecular flexibility index (Phi) is 3.44. The Balaban J connectivity index is 2.34. The summed E-state index contributed by atoms with van der Waals surface area (Å²) >= 11 is 1.64. The van der Waals surface area contributed by atoms with E-state index in [4.69, 9.17) is 5.73 Å². The van der Waals surface area contributed by atoms with Crippen LogP contribution in [0.3, 0.4) is 0 Å². The molecule has 0 aliphatic carbocycles. The highest BCUT2D eigenvalue weighted by atomic mass is 32.2. The lowest BCUT2D eigenvalue weighted by Crippen LogP contribution is -2.06. The lowest BCUT2D eigenvalue weighted by molar-refractivity contribution is 0.103. The van der Waals surface area contributed by atoms with Gasteiger partial charge in [-0.3, -0.25) is 4.79 Å². The molecule has 2 aromatic rings. The Morgan fingerprint density at radius 1 is 1.24 bits per heavy atom. The number of hydrogen-bond acceptors (Lipinski definition) is 4. The summed E-state index contributed by atoms with van der Waals surface area (Å²) < 4.78 is 0. The average Bonchev–Trinajstić information content (AvgIpc) is 2.39. The molecule has 0 spiro atoms. The van der Waals surface area contributed by atoms with Gasteiger partial charge in [0, 0.05) is 16.7 Å². The molecule has 3 nitrogen and oxygen atoms in total. The molecule has 0 saturated carbocycles. The summed E-state index contributed by atoms with van der Waals surface area (Å²) in [6.45, 7) is 0. The SMILES string of the molecule is CSc1ccc(C(=O)c2cccnc2N)cc1. The second-order valence-electron chi connectivity index (χ2n) is 3.49. The number of hydrogen-bond donors (Lipinski definition) is 1. The third-order valence-electron chi connectivity index (χ3n) is 2.44. The van der Waals surface area contributed by atoms with Gasteiger partial charge in [-0.25, -0.2) is 4.98 Å². The van der Waals surface area contributed by atoms with Gasteiger partial charge in [-0.2, -0.15) is 0 Å². The van der Waals surface area contributed by atoms with E-state index in [0.29, 0.717) is 11.1 Å². The zero-order valence-corrected chi connectivity index (χ0v) is 10.2. The van der Waals surface area contributed by atoms with Crippen LogP contribution in [0.25, 0.3) is 0 Å². The molecule has 0 saturated heterocycles. The van der Waals surface area contributed by atoms with Gasteiger partial charge in [0.05, 0.1) is 5.56 Å². The summed E-state index contributed by atoms with van der Waals surface area (Å²) in [7, 11) is 0. The first-order valence-electron chi connectivity index (χ1n) is 5.11. The average molecular weight is 244 g/mol. The first-order chi connectivity index (χ1) is 8.22. The van der Waals surface area contributed by atoms with Crippen molar-refractivity contribution in [2.75, 3.05) is 12.0 Å². The number of nitrogens with two attached hydrogens (primary N) is 1. The zero-order valence-electron chi connectivity index (χ0n) is 9.38. The van der Waals surface area contributed by atoms with E-state index < -0.39 is 0 Å². The van der Waals surface area contributed by atoms with E-state index in [1.54, 1.807) is 42.2 Å². The van der Waals surface area contributed by atoms with Crippen molar-refractivity contribution in [2.24, 2.45) is 0 Å². The van der Waals surface area contributed by atoms with Crippen LogP contribution in [-0.2, 0) is 0 Å². The van der Waals surface area contributed by atoms with E-state index in [9.17, 15) is 4.79 Å². The smallest absolute Gasteiger partial charge is 0.196 e. The molecule has 0 aliphatic heterocycles. The highest BCUT2D eigenvalue weighted by Crippen LogP contribution is 2.18. The van der Waals surface area contributed by atoms with Crippen molar-refractivity contribution in [3.05, 3.63) is 53.7 Å². The van der Waals surface area contributed by atoms with Gasteiger partial charge < -0.3 is 5.73 Å². The van der Waals surface area contributed by atoms with E-state index in [-0.39, 0.29) is 11.6 Å². The molecule has 0 amide bonds. The third kappa shape index (κ3) is 2.47. The van der Waals surface area contributed by atoms with Crippen LogP contribution in [0, 0.1) is 0 Å². The minimum absolute atomic E-state index is 0.0942. The molecule has 0 fully saturated rings. The molecule has 0 radical (unpaired) electrons. The molecule has 17 heavy (non-hydrogen) atoms. The van der Waals surface area contributed by atoms with Crippen molar-refractivity contribution in [1.29, 1.82) is 0 Å². The fourth-order valence-electron chi connectivity index (χ4n) is 1.51. The van der Waals surface area contributed by atoms with Crippen molar-refractivity contribution in [1.82, 2.24) is 4.98 Å². The Hall–Kier alpha value is -1.81. The first-order valence-corrected chi connectivity index (χ1v) is 6.34. The van der Waals surface area contributed by atoms with E-state index in [1.165, 1.54) is 0 Å². The van der Waals surface area contributed by atoms with Crippen LogP contribution in [0.4, 0.5) is 5.82 Å². The number of carbonyl (C=O) groups is 1. The van der Waals surface area contributed by atoms with Gasteiger partial charge in [0.25, 0.3) is 0 Å². The third-order valence-corrected chi connectivity index (χ3v) is 3.18. The Morgan fingerprint density at radius 3 is 2.53 bits per heavy atom. The van der Waals surface area contributed by atoms with Gasteiger partial charge in [0.2, 0.25) is 0 Å². The van der Waals surface area contributed by atoms with Crippen molar-refractivity contribution in [2.45, 2.75) is 4.90 Å². The number of pyridine rings is 1. The van der Waals surface area contributed by atoms with Gasteiger partial charge in [-0.15, -0.1) is 11.8 Å². The molecule has 0 aliphatic rings. The van der Waals surface area contributed by atoms with Crippen molar-refractivity contribution < 1.29 is 4.79 Å². The normalized spacial score (nSPS) is 10.2. The maximum atomic E-state index is 12.1. The van der Waals surface area contributed by atoms with Crippen LogP contribution in [0.2, 0.25) is 0 Å². The maximum absolute atomic E-state index is 12.1. The fraction of sp³-hybridized carbons (Fsp3) is 0.0769. The first kappa shape index (κ1) is 11.7. The number of carbonyl (C=O) groups excluding carboxylic acids is 1. The van der Waals surface area contributed by atoms with E-state index in [0.717, 1.165) is 4.90 Å². The van der Waals surface area contributed by atoms with Gasteiger partial charge in [0.15, 0.2) is 5.78 Å². The second-order valence-corrected chi connectivity index (χ2v) is 4.37. The van der Waals surface area contributed by atoms with Gasteiger partial charge in [-0.05, 0) is 42.7 Å². The molecule has 0 bridgehead atoms. The quantitative estimate of drug-likeness (QED) is 0.666. The van der Waals surface area contributed by atoms with Crippen molar-refractivity contribution in [3.63, 3.8) is 0 Å².